The van der Waals surface area contributed by atoms with Crippen molar-refractivity contribution in [2.75, 3.05) is 0 Å². The van der Waals surface area contributed by atoms with Gasteiger partial charge in [-0.2, -0.15) is 0 Å². The summed E-state index contributed by atoms with van der Waals surface area (Å²) in [4.78, 5) is 14.4. The summed E-state index contributed by atoms with van der Waals surface area (Å²) in [7, 11) is 0. The van der Waals surface area contributed by atoms with Crippen LogP contribution in [0.3, 0.4) is 0 Å². The van der Waals surface area contributed by atoms with Crippen LogP contribution in [-0.4, -0.2) is 4.98 Å². The summed E-state index contributed by atoms with van der Waals surface area (Å²) in [6.45, 7) is 5.51. The Hall–Kier alpha value is -1.09. The molecule has 0 unspecified atom stereocenters. The minimum Gasteiger partial charge on any atom is -0.312 e. The van der Waals surface area contributed by atoms with Crippen LogP contribution in [0, 0.1) is 0 Å². The number of nitrogens with one attached hydrogen (secondary N) is 1. The van der Waals surface area contributed by atoms with Gasteiger partial charge < -0.3 is 4.98 Å². The van der Waals surface area contributed by atoms with Gasteiger partial charge in [0.2, 0.25) is 0 Å². The molecule has 0 aliphatic carbocycles. The molecule has 0 amide bonds. The Morgan fingerprint density at radius 2 is 2.36 bits per heavy atom. The van der Waals surface area contributed by atoms with Gasteiger partial charge in [-0.05, 0) is 19.1 Å². The van der Waals surface area contributed by atoms with Gasteiger partial charge in [0.25, 0.3) is 0 Å². The van der Waals surface area contributed by atoms with Crippen molar-refractivity contribution in [3.05, 3.63) is 32.9 Å². The van der Waals surface area contributed by atoms with Crippen molar-refractivity contribution in [1.82, 2.24) is 4.98 Å². The fourth-order valence-corrected chi connectivity index (χ4v) is 1.47. The lowest BCUT2D eigenvalue weighted by molar-refractivity contribution is 1.31. The molecular formula is C8H9NOS. The molecule has 1 N–H and O–H groups in total. The van der Waals surface area contributed by atoms with Crippen LogP contribution < -0.4 is 4.87 Å². The van der Waals surface area contributed by atoms with Crippen LogP contribution in [0.1, 0.15) is 17.5 Å². The topological polar surface area (TPSA) is 32.9 Å². The Balaban J connectivity index is 3.22. The summed E-state index contributed by atoms with van der Waals surface area (Å²) >= 11 is 1.17. The van der Waals surface area contributed by atoms with Crippen molar-refractivity contribution in [1.29, 1.82) is 0 Å². The average Bonchev–Trinajstić information content (AvgIpc) is 2.32. The van der Waals surface area contributed by atoms with E-state index in [0.29, 0.717) is 0 Å². The van der Waals surface area contributed by atoms with Crippen molar-refractivity contribution in [3.63, 3.8) is 0 Å². The van der Waals surface area contributed by atoms with Gasteiger partial charge in [-0.3, -0.25) is 4.79 Å². The molecule has 11 heavy (non-hydrogen) atoms. The highest BCUT2D eigenvalue weighted by atomic mass is 32.1. The molecule has 1 rings (SSSR count). The summed E-state index contributed by atoms with van der Waals surface area (Å²) in [5.41, 5.74) is 0.845. The number of H-pyrrole nitrogens is 1. The van der Waals surface area contributed by atoms with E-state index in [0.717, 1.165) is 10.6 Å². The quantitative estimate of drug-likeness (QED) is 0.719. The van der Waals surface area contributed by atoms with Crippen LogP contribution in [0.5, 0.6) is 0 Å². The molecule has 2 nitrogen and oxygen atoms in total. The summed E-state index contributed by atoms with van der Waals surface area (Å²) in [5.74, 6) is 0. The van der Waals surface area contributed by atoms with E-state index in [-0.39, 0.29) is 4.87 Å². The average molecular weight is 167 g/mol. The molecule has 0 saturated heterocycles. The van der Waals surface area contributed by atoms with Crippen LogP contribution in [0.2, 0.25) is 0 Å². The molecule has 1 aromatic rings. The minimum atomic E-state index is -0.0343. The van der Waals surface area contributed by atoms with E-state index < -0.39 is 0 Å². The lowest BCUT2D eigenvalue weighted by atomic mass is 10.3. The van der Waals surface area contributed by atoms with Gasteiger partial charge in [-0.1, -0.05) is 24.0 Å². The van der Waals surface area contributed by atoms with Gasteiger partial charge in [0.05, 0.1) is 10.6 Å². The fourth-order valence-electron chi connectivity index (χ4n) is 0.794. The summed E-state index contributed by atoms with van der Waals surface area (Å²) in [6, 6.07) is 0. The van der Waals surface area contributed by atoms with E-state index in [9.17, 15) is 4.79 Å². The number of hydrogen-bond acceptors (Lipinski definition) is 2. The zero-order chi connectivity index (χ0) is 8.27. The van der Waals surface area contributed by atoms with Gasteiger partial charge >= 0.3 is 4.87 Å². The molecule has 1 aromatic heterocycles. The van der Waals surface area contributed by atoms with Crippen molar-refractivity contribution < 1.29 is 0 Å². The Bertz CT molecular complexity index is 332. The third-order valence-electron chi connectivity index (χ3n) is 1.22. The van der Waals surface area contributed by atoms with Gasteiger partial charge in [0, 0.05) is 0 Å². The lowest BCUT2D eigenvalue weighted by Crippen LogP contribution is -1.91. The first-order valence-electron chi connectivity index (χ1n) is 3.26. The Kier molecular flexibility index (Phi) is 2.44. The summed E-state index contributed by atoms with van der Waals surface area (Å²) in [5, 5.41) is 0. The lowest BCUT2D eigenvalue weighted by Gasteiger charge is -1.85. The second-order valence-corrected chi connectivity index (χ2v) is 3.01. The maximum absolute atomic E-state index is 10.8. The first-order chi connectivity index (χ1) is 5.27. The van der Waals surface area contributed by atoms with Gasteiger partial charge in [0.15, 0.2) is 0 Å². The molecule has 0 saturated carbocycles. The first-order valence-corrected chi connectivity index (χ1v) is 4.08. The smallest absolute Gasteiger partial charge is 0.305 e. The van der Waals surface area contributed by atoms with Crippen molar-refractivity contribution in [2.45, 2.75) is 6.92 Å². The first kappa shape index (κ1) is 8.01. The van der Waals surface area contributed by atoms with Crippen LogP contribution >= 0.6 is 11.3 Å². The molecule has 3 heteroatoms. The highest BCUT2D eigenvalue weighted by molar-refractivity contribution is 7.10. The Morgan fingerprint density at radius 3 is 2.91 bits per heavy atom. The third-order valence-corrected chi connectivity index (χ3v) is 2.12. The monoisotopic (exact) mass is 167 g/mol. The number of aromatic amines is 1. The van der Waals surface area contributed by atoms with Crippen LogP contribution in [0.4, 0.5) is 0 Å². The van der Waals surface area contributed by atoms with Gasteiger partial charge in [-0.25, -0.2) is 0 Å². The van der Waals surface area contributed by atoms with Crippen molar-refractivity contribution >= 4 is 23.5 Å². The fraction of sp³-hybridized carbons (Fsp3) is 0.125. The van der Waals surface area contributed by atoms with Crippen LogP contribution in [0.25, 0.3) is 12.2 Å². The highest BCUT2D eigenvalue weighted by Gasteiger charge is 1.99. The molecule has 0 radical (unpaired) electrons. The summed E-state index contributed by atoms with van der Waals surface area (Å²) in [6.07, 6.45) is 5.41. The standard InChI is InChI=1S/C8H9NOS/c1-3-5-6-7(4-2)11-8(10)9-6/h3-5H,2H2,1H3,(H,9,10)/b5-3-. The maximum atomic E-state index is 10.8. The number of rotatable bonds is 2. The van der Waals surface area contributed by atoms with Crippen LogP contribution in [0.15, 0.2) is 17.4 Å². The van der Waals surface area contributed by atoms with Crippen LogP contribution in [-0.2, 0) is 0 Å². The predicted octanol–water partition coefficient (Wildman–Crippen LogP) is 2.11. The van der Waals surface area contributed by atoms with Crippen molar-refractivity contribution in [3.8, 4) is 0 Å². The molecule has 0 atom stereocenters. The second kappa shape index (κ2) is 3.34. The molecule has 0 bridgehead atoms. The number of aromatic nitrogens is 1. The third kappa shape index (κ3) is 1.68. The van der Waals surface area contributed by atoms with E-state index in [2.05, 4.69) is 11.6 Å². The van der Waals surface area contributed by atoms with E-state index in [1.165, 1.54) is 11.3 Å². The molecule has 58 valence electrons. The second-order valence-electron chi connectivity index (χ2n) is 2.00. The Morgan fingerprint density at radius 1 is 1.64 bits per heavy atom. The molecule has 0 aliphatic heterocycles. The number of thiazole rings is 1. The minimum absolute atomic E-state index is 0.0343. The zero-order valence-corrected chi connectivity index (χ0v) is 7.07. The normalized spacial score (nSPS) is 10.6. The predicted molar refractivity (Wildman–Crippen MR) is 49.7 cm³/mol. The number of allylic oxidation sites excluding steroid dienone is 1. The molecule has 0 aromatic carbocycles. The summed E-state index contributed by atoms with van der Waals surface area (Å²) < 4.78 is 0. The SMILES string of the molecule is C=Cc1sc(=O)[nH]c1/C=C\C. The zero-order valence-electron chi connectivity index (χ0n) is 6.26. The molecular weight excluding hydrogens is 158 g/mol. The molecule has 0 fully saturated rings. The maximum Gasteiger partial charge on any atom is 0.305 e. The number of hydrogen-bond donors (Lipinski definition) is 1. The van der Waals surface area contributed by atoms with E-state index >= 15 is 0 Å². The van der Waals surface area contributed by atoms with Gasteiger partial charge in [-0.15, -0.1) is 0 Å². The van der Waals surface area contributed by atoms with E-state index in [4.69, 9.17) is 0 Å². The van der Waals surface area contributed by atoms with E-state index in [1.807, 2.05) is 19.1 Å². The molecule has 0 spiro atoms. The van der Waals surface area contributed by atoms with Gasteiger partial charge in [0.1, 0.15) is 0 Å². The molecule has 1 heterocycles. The largest absolute Gasteiger partial charge is 0.312 e. The Labute approximate surface area is 68.9 Å². The van der Waals surface area contributed by atoms with E-state index in [1.54, 1.807) is 6.08 Å². The van der Waals surface area contributed by atoms with Crippen molar-refractivity contribution in [2.24, 2.45) is 0 Å². The highest BCUT2D eigenvalue weighted by Crippen LogP contribution is 2.11. The molecule has 0 aliphatic rings.